The lowest BCUT2D eigenvalue weighted by atomic mass is 9.96. The summed E-state index contributed by atoms with van der Waals surface area (Å²) in [5, 5.41) is 0. The Morgan fingerprint density at radius 2 is 1.28 bits per heavy atom. The molecule has 3 aromatic carbocycles. The molecular weight excluding hydrogens is 596 g/mol. The largest absolute Gasteiger partial charge is 0.509 e. The highest BCUT2D eigenvalue weighted by molar-refractivity contribution is 5.63. The molecule has 3 aromatic rings. The Hall–Kier alpha value is -3.39. The summed E-state index contributed by atoms with van der Waals surface area (Å²) in [4.78, 5) is 12.3. The van der Waals surface area contributed by atoms with Crippen LogP contribution in [0.3, 0.4) is 0 Å². The number of fused-ring (bicyclic) bond motifs is 2. The monoisotopic (exact) mass is 634 g/mol. The molecule has 0 N–H and O–H groups in total. The topological polar surface area (TPSA) is 109 Å². The average molecular weight is 635 g/mol. The summed E-state index contributed by atoms with van der Waals surface area (Å²) < 4.78 is 62.0. The summed E-state index contributed by atoms with van der Waals surface area (Å²) in [6.07, 6.45) is -8.62. The van der Waals surface area contributed by atoms with Crippen LogP contribution in [-0.4, -0.2) is 81.3 Å². The zero-order chi connectivity index (χ0) is 31.5. The molecular formula is C35H38O11. The molecule has 11 atom stereocenters. The molecule has 4 aliphatic heterocycles. The summed E-state index contributed by atoms with van der Waals surface area (Å²) in [5.74, 6) is 0. The molecule has 4 saturated heterocycles. The van der Waals surface area contributed by atoms with E-state index in [1.807, 2.05) is 91.0 Å². The summed E-state index contributed by atoms with van der Waals surface area (Å²) in [5.41, 5.74) is 2.79. The molecule has 0 radical (unpaired) electrons. The van der Waals surface area contributed by atoms with E-state index >= 15 is 0 Å². The van der Waals surface area contributed by atoms with E-state index in [2.05, 4.69) is 0 Å². The van der Waals surface area contributed by atoms with Crippen LogP contribution in [0.25, 0.3) is 0 Å². The van der Waals surface area contributed by atoms with Crippen molar-refractivity contribution in [3.05, 3.63) is 108 Å². The summed E-state index contributed by atoms with van der Waals surface area (Å²) in [7, 11) is 1.54. The van der Waals surface area contributed by atoms with Crippen molar-refractivity contribution in [2.45, 2.75) is 87.8 Å². The Morgan fingerprint density at radius 1 is 0.674 bits per heavy atom. The third kappa shape index (κ3) is 6.69. The Morgan fingerprint density at radius 3 is 1.93 bits per heavy atom. The maximum absolute atomic E-state index is 12.3. The van der Waals surface area contributed by atoms with Gasteiger partial charge in [0.1, 0.15) is 30.5 Å². The van der Waals surface area contributed by atoms with Crippen LogP contribution >= 0.6 is 0 Å². The van der Waals surface area contributed by atoms with E-state index in [0.29, 0.717) is 0 Å². The predicted octanol–water partition coefficient (Wildman–Crippen LogP) is 4.68. The molecule has 4 aliphatic rings. The fourth-order valence-corrected chi connectivity index (χ4v) is 6.34. The van der Waals surface area contributed by atoms with Crippen LogP contribution in [0.15, 0.2) is 91.0 Å². The second-order valence-corrected chi connectivity index (χ2v) is 11.7. The second-order valence-electron chi connectivity index (χ2n) is 11.7. The van der Waals surface area contributed by atoms with Gasteiger partial charge in [0.15, 0.2) is 31.1 Å². The maximum Gasteiger partial charge on any atom is 0.509 e. The van der Waals surface area contributed by atoms with Gasteiger partial charge in [-0.25, -0.2) is 4.79 Å². The number of carbonyl (C=O) groups is 1. The van der Waals surface area contributed by atoms with E-state index in [1.165, 1.54) is 0 Å². The van der Waals surface area contributed by atoms with Crippen molar-refractivity contribution in [1.29, 1.82) is 0 Å². The van der Waals surface area contributed by atoms with Crippen molar-refractivity contribution in [2.24, 2.45) is 0 Å². The number of hydrogen-bond acceptors (Lipinski definition) is 11. The molecule has 244 valence electrons. The highest BCUT2D eigenvalue weighted by Gasteiger charge is 2.57. The van der Waals surface area contributed by atoms with E-state index in [-0.39, 0.29) is 19.8 Å². The molecule has 0 spiro atoms. The third-order valence-electron chi connectivity index (χ3n) is 8.64. The summed E-state index contributed by atoms with van der Waals surface area (Å²) in [6.45, 7) is 2.59. The molecule has 11 nitrogen and oxygen atoms in total. The van der Waals surface area contributed by atoms with E-state index in [1.54, 1.807) is 14.0 Å². The van der Waals surface area contributed by atoms with Crippen LogP contribution in [0.2, 0.25) is 0 Å². The lowest BCUT2D eigenvalue weighted by molar-refractivity contribution is -0.393. The van der Waals surface area contributed by atoms with Crippen LogP contribution in [-0.2, 0) is 60.6 Å². The zero-order valence-corrected chi connectivity index (χ0v) is 25.6. The molecule has 4 fully saturated rings. The first-order valence-corrected chi connectivity index (χ1v) is 15.6. The van der Waals surface area contributed by atoms with Gasteiger partial charge < -0.3 is 47.4 Å². The van der Waals surface area contributed by atoms with Gasteiger partial charge in [-0.2, -0.15) is 0 Å². The number of methoxy groups -OCH3 is 1. The van der Waals surface area contributed by atoms with Crippen molar-refractivity contribution in [2.75, 3.05) is 13.7 Å². The highest BCUT2D eigenvalue weighted by atomic mass is 16.8. The Kier molecular flexibility index (Phi) is 9.61. The summed E-state index contributed by atoms with van der Waals surface area (Å²) in [6, 6.07) is 29.3. The van der Waals surface area contributed by atoms with E-state index in [9.17, 15) is 4.79 Å². The molecule has 0 bridgehead atoms. The standard InChI is InChI=1S/C35H38O11/c1-21-26-29(46-35(36)45-26)30(39-19-23-14-8-4-9-15-23)34(41-21)44-31-28(38-18-22-12-6-3-7-13-22)27-25(42-33(31)37-2)20-40-32(43-27)24-16-10-5-11-17-24/h3-17,21,25-34H,18-20H2,1-2H3/t21-,25+,26-,27+,28-,29+,30+,31-,32?,33-,34-/m0/s1. The minimum Gasteiger partial charge on any atom is -0.424 e. The van der Waals surface area contributed by atoms with Crippen LogP contribution in [0.1, 0.15) is 29.9 Å². The van der Waals surface area contributed by atoms with Gasteiger partial charge in [0.05, 0.1) is 25.9 Å². The van der Waals surface area contributed by atoms with Crippen LogP contribution < -0.4 is 0 Å². The van der Waals surface area contributed by atoms with Crippen LogP contribution in [0, 0.1) is 0 Å². The number of rotatable bonds is 10. The average Bonchev–Trinajstić information content (AvgIpc) is 3.50. The lowest BCUT2D eigenvalue weighted by Gasteiger charge is -2.50. The predicted molar refractivity (Wildman–Crippen MR) is 160 cm³/mol. The number of ether oxygens (including phenoxy) is 10. The van der Waals surface area contributed by atoms with Gasteiger partial charge in [0, 0.05) is 12.7 Å². The molecule has 7 rings (SSSR count). The maximum atomic E-state index is 12.3. The molecule has 1 unspecified atom stereocenters. The molecule has 46 heavy (non-hydrogen) atoms. The SMILES string of the molecule is CO[C@H]1O[C@@H]2COC(c3ccccc3)O[C@H]2[C@H](OCc2ccccc2)[C@@H]1O[C@@H]1O[C@@H](C)[C@@H]2OC(=O)O[C@H]2[C@H]1OCc1ccccc1. The summed E-state index contributed by atoms with van der Waals surface area (Å²) >= 11 is 0. The van der Waals surface area contributed by atoms with Crippen molar-refractivity contribution >= 4 is 6.16 Å². The fourth-order valence-electron chi connectivity index (χ4n) is 6.34. The van der Waals surface area contributed by atoms with Crippen molar-refractivity contribution in [3.63, 3.8) is 0 Å². The van der Waals surface area contributed by atoms with Gasteiger partial charge in [-0.05, 0) is 18.1 Å². The normalized spacial score (nSPS) is 35.4. The number of benzene rings is 3. The van der Waals surface area contributed by atoms with Gasteiger partial charge in [0.25, 0.3) is 0 Å². The van der Waals surface area contributed by atoms with Crippen molar-refractivity contribution in [1.82, 2.24) is 0 Å². The van der Waals surface area contributed by atoms with Crippen LogP contribution in [0.5, 0.6) is 0 Å². The second kappa shape index (κ2) is 14.2. The van der Waals surface area contributed by atoms with E-state index in [4.69, 9.17) is 47.4 Å². The molecule has 11 heteroatoms. The number of carbonyl (C=O) groups excluding carboxylic acids is 1. The minimum absolute atomic E-state index is 0.233. The quantitative estimate of drug-likeness (QED) is 0.290. The first-order chi connectivity index (χ1) is 22.6. The first-order valence-electron chi connectivity index (χ1n) is 15.6. The Labute approximate surface area is 267 Å². The Bertz CT molecular complexity index is 1410. The fraction of sp³-hybridized carbons (Fsp3) is 0.457. The van der Waals surface area contributed by atoms with Gasteiger partial charge in [0.2, 0.25) is 0 Å². The smallest absolute Gasteiger partial charge is 0.424 e. The van der Waals surface area contributed by atoms with Gasteiger partial charge in [-0.3, -0.25) is 0 Å². The zero-order valence-electron chi connectivity index (χ0n) is 25.6. The minimum atomic E-state index is -0.996. The van der Waals surface area contributed by atoms with Crippen molar-refractivity contribution < 1.29 is 52.2 Å². The van der Waals surface area contributed by atoms with Crippen molar-refractivity contribution in [3.8, 4) is 0 Å². The van der Waals surface area contributed by atoms with Crippen LogP contribution in [0.4, 0.5) is 4.79 Å². The third-order valence-corrected chi connectivity index (χ3v) is 8.64. The van der Waals surface area contributed by atoms with Gasteiger partial charge in [-0.15, -0.1) is 0 Å². The first kappa shape index (κ1) is 31.2. The molecule has 4 heterocycles. The number of hydrogen-bond donors (Lipinski definition) is 0. The molecule has 0 saturated carbocycles. The van der Waals surface area contributed by atoms with E-state index < -0.39 is 73.9 Å². The highest BCUT2D eigenvalue weighted by Crippen LogP contribution is 2.40. The van der Waals surface area contributed by atoms with Gasteiger partial charge in [-0.1, -0.05) is 91.0 Å². The van der Waals surface area contributed by atoms with Gasteiger partial charge >= 0.3 is 6.16 Å². The Balaban J connectivity index is 1.18. The molecule has 0 aromatic heterocycles. The van der Waals surface area contributed by atoms with E-state index in [0.717, 1.165) is 16.7 Å². The molecule has 0 aliphatic carbocycles. The lowest BCUT2D eigenvalue weighted by Crippen LogP contribution is -2.66. The molecule has 0 amide bonds.